The molecule has 3 N–H and O–H groups in total. The average molecular weight is 269 g/mol. The Morgan fingerprint density at radius 3 is 2.53 bits per heavy atom. The summed E-state index contributed by atoms with van der Waals surface area (Å²) in [4.78, 5) is 14.6. The van der Waals surface area contributed by atoms with E-state index in [4.69, 9.17) is 5.73 Å². The maximum absolute atomic E-state index is 12.1. The molecule has 0 radical (unpaired) electrons. The molecule has 1 amide bonds. The first kappa shape index (κ1) is 16.4. The summed E-state index contributed by atoms with van der Waals surface area (Å²) in [5.74, 6) is 0.601. The van der Waals surface area contributed by atoms with E-state index in [2.05, 4.69) is 17.1 Å². The normalized spacial score (nSPS) is 21.7. The van der Waals surface area contributed by atoms with Crippen molar-refractivity contribution in [3.63, 3.8) is 0 Å². The fourth-order valence-electron chi connectivity index (χ4n) is 2.53. The van der Waals surface area contributed by atoms with Crippen LogP contribution in [0.1, 0.15) is 46.5 Å². The molecule has 0 aromatic heterocycles. The molecule has 0 aromatic carbocycles. The summed E-state index contributed by atoms with van der Waals surface area (Å²) in [6.07, 6.45) is 4.79. The molecule has 1 aliphatic heterocycles. The van der Waals surface area contributed by atoms with E-state index >= 15 is 0 Å². The molecule has 2 atom stereocenters. The number of piperidine rings is 1. The molecule has 1 aliphatic rings. The molecule has 1 heterocycles. The minimum Gasteiger partial charge on any atom is -0.355 e. The van der Waals surface area contributed by atoms with Crippen molar-refractivity contribution in [3.8, 4) is 0 Å². The Hall–Kier alpha value is -0.610. The zero-order chi connectivity index (χ0) is 14.3. The topological polar surface area (TPSA) is 58.4 Å². The molecule has 0 spiro atoms. The average Bonchev–Trinajstić information content (AvgIpc) is 2.45. The fraction of sp³-hybridized carbons (Fsp3) is 0.933. The van der Waals surface area contributed by atoms with Crippen LogP contribution in [0.15, 0.2) is 0 Å². The maximum Gasteiger partial charge on any atom is 0.227 e. The monoisotopic (exact) mass is 269 g/mol. The highest BCUT2D eigenvalue weighted by molar-refractivity contribution is 5.82. The van der Waals surface area contributed by atoms with E-state index in [-0.39, 0.29) is 5.91 Å². The van der Waals surface area contributed by atoms with Crippen molar-refractivity contribution in [2.24, 2.45) is 17.1 Å². The number of rotatable bonds is 7. The van der Waals surface area contributed by atoms with E-state index in [9.17, 15) is 4.79 Å². The molecule has 1 fully saturated rings. The largest absolute Gasteiger partial charge is 0.355 e. The van der Waals surface area contributed by atoms with Gasteiger partial charge in [0.05, 0.1) is 5.41 Å². The second-order valence-corrected chi connectivity index (χ2v) is 6.29. The lowest BCUT2D eigenvalue weighted by atomic mass is 9.86. The summed E-state index contributed by atoms with van der Waals surface area (Å²) >= 11 is 0. The number of hydrogen-bond donors (Lipinski definition) is 2. The Morgan fingerprint density at radius 2 is 2.00 bits per heavy atom. The third-order valence-electron chi connectivity index (χ3n) is 4.41. The van der Waals surface area contributed by atoms with Crippen LogP contribution in [0.5, 0.6) is 0 Å². The molecule has 112 valence electrons. The van der Waals surface area contributed by atoms with Gasteiger partial charge in [0.25, 0.3) is 0 Å². The van der Waals surface area contributed by atoms with Gasteiger partial charge in [-0.15, -0.1) is 0 Å². The summed E-state index contributed by atoms with van der Waals surface area (Å²) in [5.41, 5.74) is 5.29. The van der Waals surface area contributed by atoms with Gasteiger partial charge in [0.2, 0.25) is 5.91 Å². The molecular weight excluding hydrogens is 238 g/mol. The minimum atomic E-state index is -0.412. The van der Waals surface area contributed by atoms with Crippen molar-refractivity contribution in [1.29, 1.82) is 0 Å². The van der Waals surface area contributed by atoms with Crippen molar-refractivity contribution in [2.75, 3.05) is 32.7 Å². The molecular formula is C15H31N3O. The zero-order valence-electron chi connectivity index (χ0n) is 12.9. The third kappa shape index (κ3) is 5.11. The first-order valence-electron chi connectivity index (χ1n) is 7.72. The van der Waals surface area contributed by atoms with Gasteiger partial charge in [-0.3, -0.25) is 4.79 Å². The number of carbonyl (C=O) groups is 1. The van der Waals surface area contributed by atoms with Gasteiger partial charge in [0.15, 0.2) is 0 Å². The van der Waals surface area contributed by atoms with Crippen LogP contribution >= 0.6 is 0 Å². The molecule has 1 rings (SSSR count). The van der Waals surface area contributed by atoms with Crippen LogP contribution in [0.4, 0.5) is 0 Å². The summed E-state index contributed by atoms with van der Waals surface area (Å²) in [6, 6.07) is 0. The SMILES string of the molecule is CCC(C)(CN)C(=O)NCC(C)CN1CCCCC1. The summed E-state index contributed by atoms with van der Waals surface area (Å²) in [5, 5.41) is 3.07. The second-order valence-electron chi connectivity index (χ2n) is 6.29. The standard InChI is InChI=1S/C15H31N3O/c1-4-15(3,12-16)14(19)17-10-13(2)11-18-8-6-5-7-9-18/h13H,4-12,16H2,1-3H3,(H,17,19). The molecule has 4 heteroatoms. The predicted octanol–water partition coefficient (Wildman–Crippen LogP) is 1.60. The first-order valence-corrected chi connectivity index (χ1v) is 7.72. The highest BCUT2D eigenvalue weighted by atomic mass is 16.2. The maximum atomic E-state index is 12.1. The van der Waals surface area contributed by atoms with Crippen LogP contribution < -0.4 is 11.1 Å². The van der Waals surface area contributed by atoms with Crippen molar-refractivity contribution in [3.05, 3.63) is 0 Å². The Morgan fingerprint density at radius 1 is 1.37 bits per heavy atom. The smallest absolute Gasteiger partial charge is 0.227 e. The number of amides is 1. The second kappa shape index (κ2) is 7.85. The van der Waals surface area contributed by atoms with Crippen molar-refractivity contribution in [1.82, 2.24) is 10.2 Å². The predicted molar refractivity (Wildman–Crippen MR) is 79.9 cm³/mol. The van der Waals surface area contributed by atoms with Gasteiger partial charge in [-0.1, -0.05) is 20.3 Å². The number of likely N-dealkylation sites (tertiary alicyclic amines) is 1. The van der Waals surface area contributed by atoms with Crippen LogP contribution in [-0.2, 0) is 4.79 Å². The molecule has 1 saturated heterocycles. The third-order valence-corrected chi connectivity index (χ3v) is 4.41. The summed E-state index contributed by atoms with van der Waals surface area (Å²) in [6.45, 7) is 10.9. The molecule has 0 aromatic rings. The Balaban J connectivity index is 2.29. The summed E-state index contributed by atoms with van der Waals surface area (Å²) < 4.78 is 0. The van der Waals surface area contributed by atoms with Crippen LogP contribution in [0.25, 0.3) is 0 Å². The number of nitrogens with one attached hydrogen (secondary N) is 1. The highest BCUT2D eigenvalue weighted by Crippen LogP contribution is 2.19. The number of nitrogens with two attached hydrogens (primary N) is 1. The first-order chi connectivity index (χ1) is 9.01. The van der Waals surface area contributed by atoms with Crippen LogP contribution in [-0.4, -0.2) is 43.5 Å². The van der Waals surface area contributed by atoms with Gasteiger partial charge in [0.1, 0.15) is 0 Å². The van der Waals surface area contributed by atoms with Gasteiger partial charge in [-0.25, -0.2) is 0 Å². The van der Waals surface area contributed by atoms with E-state index in [0.717, 1.165) is 19.5 Å². The lowest BCUT2D eigenvalue weighted by Gasteiger charge is -2.30. The van der Waals surface area contributed by atoms with Crippen LogP contribution in [0.2, 0.25) is 0 Å². The molecule has 19 heavy (non-hydrogen) atoms. The lowest BCUT2D eigenvalue weighted by Crippen LogP contribution is -2.46. The molecule has 4 nitrogen and oxygen atoms in total. The Kier molecular flexibility index (Phi) is 6.80. The van der Waals surface area contributed by atoms with Crippen molar-refractivity contribution < 1.29 is 4.79 Å². The van der Waals surface area contributed by atoms with Gasteiger partial charge >= 0.3 is 0 Å². The zero-order valence-corrected chi connectivity index (χ0v) is 12.9. The Labute approximate surface area is 118 Å². The van der Waals surface area contributed by atoms with Crippen LogP contribution in [0, 0.1) is 11.3 Å². The Bertz CT molecular complexity index is 271. The highest BCUT2D eigenvalue weighted by Gasteiger charge is 2.29. The minimum absolute atomic E-state index is 0.1000. The quantitative estimate of drug-likeness (QED) is 0.738. The van der Waals surface area contributed by atoms with Gasteiger partial charge in [-0.2, -0.15) is 0 Å². The molecule has 0 aliphatic carbocycles. The number of nitrogens with zero attached hydrogens (tertiary/aromatic N) is 1. The molecule has 0 bridgehead atoms. The van der Waals surface area contributed by atoms with Crippen molar-refractivity contribution in [2.45, 2.75) is 46.5 Å². The van der Waals surface area contributed by atoms with E-state index in [1.165, 1.54) is 32.4 Å². The van der Waals surface area contributed by atoms with Gasteiger partial charge in [0, 0.05) is 19.6 Å². The molecule has 2 unspecified atom stereocenters. The fourth-order valence-corrected chi connectivity index (χ4v) is 2.53. The number of hydrogen-bond acceptors (Lipinski definition) is 3. The lowest BCUT2D eigenvalue weighted by molar-refractivity contribution is -0.130. The van der Waals surface area contributed by atoms with E-state index in [0.29, 0.717) is 12.5 Å². The van der Waals surface area contributed by atoms with Gasteiger partial charge < -0.3 is 16.0 Å². The number of carbonyl (C=O) groups excluding carboxylic acids is 1. The summed E-state index contributed by atoms with van der Waals surface area (Å²) in [7, 11) is 0. The van der Waals surface area contributed by atoms with E-state index < -0.39 is 5.41 Å². The van der Waals surface area contributed by atoms with E-state index in [1.54, 1.807) is 0 Å². The van der Waals surface area contributed by atoms with Crippen molar-refractivity contribution >= 4 is 5.91 Å². The van der Waals surface area contributed by atoms with E-state index in [1.807, 2.05) is 13.8 Å². The van der Waals surface area contributed by atoms with Gasteiger partial charge in [-0.05, 0) is 45.2 Å². The molecule has 0 saturated carbocycles. The van der Waals surface area contributed by atoms with Crippen LogP contribution in [0.3, 0.4) is 0 Å².